The number of nitrogens with two attached hydrogens (primary N) is 1. The highest BCUT2D eigenvalue weighted by atomic mass is 32.2. The number of phenols is 1. The lowest BCUT2D eigenvalue weighted by Gasteiger charge is -2.29. The Balaban J connectivity index is 1.55. The number of thioether (sulfide) groups is 1. The summed E-state index contributed by atoms with van der Waals surface area (Å²) in [4.78, 5) is 121. The van der Waals surface area contributed by atoms with Crippen LogP contribution in [0.4, 0.5) is 0 Å². The van der Waals surface area contributed by atoms with Crippen LogP contribution in [0, 0.1) is 17.8 Å². The number of nitrogens with zero attached hydrogens (tertiary/aromatic N) is 3. The van der Waals surface area contributed by atoms with Gasteiger partial charge in [0, 0.05) is 17.7 Å². The van der Waals surface area contributed by atoms with E-state index in [-0.39, 0.29) is 65.8 Å². The molecule has 1 aromatic heterocycles. The number of primary amides is 1. The predicted octanol–water partition coefficient (Wildman–Crippen LogP) is 0.811. The average molecular weight is 969 g/mol. The molecule has 22 heteroatoms. The Bertz CT molecular complexity index is 2170. The first-order valence-corrected chi connectivity index (χ1v) is 24.6. The third-order valence-electron chi connectivity index (χ3n) is 11.8. The lowest BCUT2D eigenvalue weighted by molar-refractivity contribution is -0.141. The SMILES string of the molecule is CC[C@H](C)[C@H]1NC(=O)C2CSC(=N2)C(CC(C)C)NC(=O)[C@H](CO)NC(=O)[C@@H]2CCCN2C(=O)[C@H](CC(N)=O)NC(=O)c2csc(n2)[C@H](Cc2ccc(O)cc2)NC(=O)[C@H](CC(C)C)NC1=O. The molecule has 3 aliphatic rings. The number of carbonyl (C=O) groups excluding carboxylic acids is 8. The number of aromatic nitrogens is 1. The van der Waals surface area contributed by atoms with Gasteiger partial charge in [-0.25, -0.2) is 4.98 Å². The van der Waals surface area contributed by atoms with Gasteiger partial charge >= 0.3 is 0 Å². The summed E-state index contributed by atoms with van der Waals surface area (Å²) in [6.45, 7) is 10.6. The van der Waals surface area contributed by atoms with Crippen molar-refractivity contribution in [1.82, 2.24) is 41.8 Å². The minimum atomic E-state index is -1.51. The van der Waals surface area contributed by atoms with Gasteiger partial charge in [0.1, 0.15) is 52.7 Å². The highest BCUT2D eigenvalue weighted by Gasteiger charge is 2.41. The van der Waals surface area contributed by atoms with Gasteiger partial charge in [-0.05, 0) is 67.6 Å². The van der Waals surface area contributed by atoms with Crippen LogP contribution in [-0.2, 0) is 40.0 Å². The van der Waals surface area contributed by atoms with Gasteiger partial charge in [-0.1, -0.05) is 60.1 Å². The Hall–Kier alpha value is -5.61. The molecule has 0 spiro atoms. The van der Waals surface area contributed by atoms with Crippen molar-refractivity contribution in [2.24, 2.45) is 28.5 Å². The zero-order valence-electron chi connectivity index (χ0n) is 38.7. The Morgan fingerprint density at radius 2 is 1.43 bits per heavy atom. The lowest BCUT2D eigenvalue weighted by atomic mass is 9.96. The van der Waals surface area contributed by atoms with Crippen LogP contribution in [0.25, 0.3) is 0 Å². The van der Waals surface area contributed by atoms with E-state index >= 15 is 0 Å². The summed E-state index contributed by atoms with van der Waals surface area (Å²) in [7, 11) is 0. The number of rotatable bonds is 11. The number of thiazole rings is 1. The maximum atomic E-state index is 14.4. The van der Waals surface area contributed by atoms with Crippen LogP contribution in [0.5, 0.6) is 5.75 Å². The fourth-order valence-corrected chi connectivity index (χ4v) is 10.1. The molecule has 2 unspecified atom stereocenters. The van der Waals surface area contributed by atoms with Crippen molar-refractivity contribution >= 4 is 75.4 Å². The quantitative estimate of drug-likeness (QED) is 0.151. The third-order valence-corrected chi connectivity index (χ3v) is 14.0. The zero-order valence-corrected chi connectivity index (χ0v) is 40.3. The Morgan fingerprint density at radius 3 is 2.07 bits per heavy atom. The van der Waals surface area contributed by atoms with Gasteiger partial charge < -0.3 is 52.7 Å². The Morgan fingerprint density at radius 1 is 0.806 bits per heavy atom. The summed E-state index contributed by atoms with van der Waals surface area (Å²) in [6.07, 6.45) is 1.21. The number of aliphatic hydroxyl groups excluding tert-OH is 1. The van der Waals surface area contributed by atoms with Crippen molar-refractivity contribution < 1.29 is 48.6 Å². The topological polar surface area (TPSA) is 304 Å². The molecule has 1 fully saturated rings. The van der Waals surface area contributed by atoms with Gasteiger partial charge in [0.15, 0.2) is 0 Å². The molecule has 8 amide bonds. The number of benzene rings is 1. The van der Waals surface area contributed by atoms with Gasteiger partial charge in [-0.3, -0.25) is 43.3 Å². The molecular weight excluding hydrogens is 905 g/mol. The normalized spacial score (nSPS) is 26.7. The molecular formula is C45H64N10O10S2. The van der Waals surface area contributed by atoms with E-state index in [0.29, 0.717) is 29.9 Å². The highest BCUT2D eigenvalue weighted by Crippen LogP contribution is 2.27. The average Bonchev–Trinajstić information content (AvgIpc) is 4.08. The number of aliphatic hydroxyl groups is 1. The molecule has 2 aromatic rings. The smallest absolute Gasteiger partial charge is 0.271 e. The molecule has 3 aliphatic heterocycles. The molecule has 4 heterocycles. The largest absolute Gasteiger partial charge is 0.508 e. The van der Waals surface area contributed by atoms with Crippen molar-refractivity contribution in [3.63, 3.8) is 0 Å². The van der Waals surface area contributed by atoms with Crippen LogP contribution >= 0.6 is 23.1 Å². The molecule has 0 saturated carbocycles. The van der Waals surface area contributed by atoms with E-state index in [1.807, 2.05) is 41.5 Å². The van der Waals surface area contributed by atoms with Crippen LogP contribution in [0.3, 0.4) is 0 Å². The van der Waals surface area contributed by atoms with E-state index in [1.54, 1.807) is 12.1 Å². The summed E-state index contributed by atoms with van der Waals surface area (Å²) in [5.74, 6) is -5.83. The van der Waals surface area contributed by atoms with Crippen molar-refractivity contribution in [3.05, 3.63) is 45.9 Å². The summed E-state index contributed by atoms with van der Waals surface area (Å²) in [5.41, 5.74) is 6.09. The maximum Gasteiger partial charge on any atom is 0.271 e. The first kappa shape index (κ1) is 52.4. The Labute approximate surface area is 398 Å². The lowest BCUT2D eigenvalue weighted by Crippen LogP contribution is -2.58. The number of phenolic OH excluding ortho intramolecular Hbond substituents is 1. The molecule has 5 rings (SSSR count). The van der Waals surface area contributed by atoms with Crippen LogP contribution < -0.4 is 37.6 Å². The van der Waals surface area contributed by atoms with Crippen LogP contribution in [0.15, 0.2) is 34.6 Å². The molecule has 67 heavy (non-hydrogen) atoms. The van der Waals surface area contributed by atoms with Crippen LogP contribution in [0.1, 0.15) is 107 Å². The van der Waals surface area contributed by atoms with E-state index < -0.39 is 109 Å². The summed E-state index contributed by atoms with van der Waals surface area (Å²) in [5, 5.41) is 39.2. The fourth-order valence-electron chi connectivity index (χ4n) is 8.09. The highest BCUT2D eigenvalue weighted by molar-refractivity contribution is 8.14. The van der Waals surface area contributed by atoms with E-state index in [0.717, 1.165) is 11.3 Å². The fraction of sp³-hybridized carbons (Fsp3) is 0.600. The first-order valence-electron chi connectivity index (χ1n) is 22.7. The Kier molecular flexibility index (Phi) is 18.7. The monoisotopic (exact) mass is 968 g/mol. The van der Waals surface area contributed by atoms with E-state index in [1.165, 1.54) is 34.2 Å². The standard InChI is InChI=1S/C45H64N10O10S2/c1-7-24(6)36-42(64)47-27(15-22(2)3)37(59)49-29(17-25-10-12-26(57)13-11-25)44-52-32(20-67-44)39(61)50-30(18-35(46)58)45(65)55-14-8-9-34(55)41(63)51-31(19-56)38(60)48-28(16-23(4)5)43-53-33(21-66-43)40(62)54-36/h10-13,20,22-24,27-31,33-34,36,56-57H,7-9,14-19,21H2,1-6H3,(H2,46,58)(H,47,64)(H,48,60)(H,49,59)(H,50,61)(H,51,63)(H,54,62)/t24-,27-,28?,29-,30-,31-,33?,34-,36+/m0/s1. The molecule has 0 radical (unpaired) electrons. The number of carbonyl (C=O) groups is 8. The summed E-state index contributed by atoms with van der Waals surface area (Å²) in [6, 6.07) is -2.41. The number of amides is 8. The summed E-state index contributed by atoms with van der Waals surface area (Å²) >= 11 is 2.31. The maximum absolute atomic E-state index is 14.4. The van der Waals surface area contributed by atoms with Gasteiger partial charge in [0.25, 0.3) is 5.91 Å². The van der Waals surface area contributed by atoms with Gasteiger partial charge in [-0.2, -0.15) is 0 Å². The first-order chi connectivity index (χ1) is 31.8. The number of aliphatic imine (C=N–C) groups is 1. The van der Waals surface area contributed by atoms with Crippen molar-refractivity contribution in [3.8, 4) is 5.75 Å². The molecule has 1 aromatic carbocycles. The molecule has 1 saturated heterocycles. The minimum absolute atomic E-state index is 0.0237. The second-order valence-corrected chi connectivity index (χ2v) is 20.1. The molecule has 4 bridgehead atoms. The number of aromatic hydroxyl groups is 1. The molecule has 20 nitrogen and oxygen atoms in total. The van der Waals surface area contributed by atoms with E-state index in [9.17, 15) is 48.6 Å². The second kappa shape index (κ2) is 23.9. The number of fused-ring (bicyclic) bond motifs is 4. The molecule has 10 N–H and O–H groups in total. The van der Waals surface area contributed by atoms with Gasteiger partial charge in [-0.15, -0.1) is 23.1 Å². The predicted molar refractivity (Wildman–Crippen MR) is 251 cm³/mol. The van der Waals surface area contributed by atoms with E-state index in [4.69, 9.17) is 10.7 Å². The van der Waals surface area contributed by atoms with Crippen LogP contribution in [0.2, 0.25) is 0 Å². The number of nitrogens with one attached hydrogen (secondary N) is 6. The molecule has 9 atom stereocenters. The van der Waals surface area contributed by atoms with Gasteiger partial charge in [0.2, 0.25) is 41.4 Å². The van der Waals surface area contributed by atoms with Crippen LogP contribution in [-0.4, -0.2) is 134 Å². The number of hydrogen-bond donors (Lipinski definition) is 9. The van der Waals surface area contributed by atoms with Crippen molar-refractivity contribution in [2.45, 2.75) is 135 Å². The summed E-state index contributed by atoms with van der Waals surface area (Å²) < 4.78 is 0. The van der Waals surface area contributed by atoms with Crippen molar-refractivity contribution in [1.29, 1.82) is 0 Å². The zero-order chi connectivity index (χ0) is 49.1. The number of hydrogen-bond acceptors (Lipinski definition) is 14. The minimum Gasteiger partial charge on any atom is -0.508 e. The second-order valence-electron chi connectivity index (χ2n) is 18.2. The molecule has 366 valence electrons. The van der Waals surface area contributed by atoms with Crippen molar-refractivity contribution in [2.75, 3.05) is 18.9 Å². The third kappa shape index (κ3) is 14.2. The van der Waals surface area contributed by atoms with E-state index in [2.05, 4.69) is 36.9 Å². The van der Waals surface area contributed by atoms with Gasteiger partial charge in [0.05, 0.1) is 30.2 Å². The molecule has 0 aliphatic carbocycles.